The SMILES string of the molecule is CO[C@@H]1[C@@H](n2cc(-c3ccc(Br)c(F)c3F)nn2)[C@@H](O)[C@@H](CO)O[C@@H]1Cc1cn(C23CC(C)(C2)C3)nn1. The highest BCUT2D eigenvalue weighted by molar-refractivity contribution is 9.10. The number of aromatic nitrogens is 6. The van der Waals surface area contributed by atoms with Crippen molar-refractivity contribution < 1.29 is 28.5 Å². The average molecular weight is 581 g/mol. The van der Waals surface area contributed by atoms with Gasteiger partial charge in [0.15, 0.2) is 11.6 Å². The first-order valence-corrected chi connectivity index (χ1v) is 12.9. The molecule has 4 fully saturated rings. The molecule has 0 radical (unpaired) electrons. The van der Waals surface area contributed by atoms with E-state index >= 15 is 0 Å². The van der Waals surface area contributed by atoms with Gasteiger partial charge in [0.25, 0.3) is 0 Å². The lowest BCUT2D eigenvalue weighted by molar-refractivity contribution is -0.212. The molecule has 0 unspecified atom stereocenters. The summed E-state index contributed by atoms with van der Waals surface area (Å²) in [7, 11) is 1.49. The molecule has 1 saturated heterocycles. The molecule has 1 aliphatic heterocycles. The molecule has 37 heavy (non-hydrogen) atoms. The summed E-state index contributed by atoms with van der Waals surface area (Å²) in [5.74, 6) is -2.10. The molecule has 3 aliphatic carbocycles. The molecule has 7 rings (SSSR count). The smallest absolute Gasteiger partial charge is 0.173 e. The standard InChI is InChI=1S/C24H27BrF2N6O4/c1-23-9-24(10-23,11-23)33-6-12(28-31-33)5-16-22(36-2)20(21(35)17(8-34)37-16)32-7-15(29-30-32)13-3-4-14(25)19(27)18(13)26/h3-4,6-7,16-17,20-22,34-35H,5,8-11H2,1-2H3/t16-,17-,20+,21+,22+,23?,24?/m1/s1. The van der Waals surface area contributed by atoms with Crippen LogP contribution in [0.15, 0.2) is 29.0 Å². The molecule has 5 atom stereocenters. The Morgan fingerprint density at radius 2 is 1.89 bits per heavy atom. The first-order chi connectivity index (χ1) is 17.7. The molecule has 2 aromatic heterocycles. The fourth-order valence-electron chi connectivity index (χ4n) is 6.50. The van der Waals surface area contributed by atoms with E-state index < -0.39 is 48.7 Å². The van der Waals surface area contributed by atoms with Crippen LogP contribution in [0, 0.1) is 17.0 Å². The summed E-state index contributed by atoms with van der Waals surface area (Å²) in [5.41, 5.74) is 1.22. The molecule has 0 amide bonds. The zero-order valence-corrected chi connectivity index (χ0v) is 21.8. The fourth-order valence-corrected chi connectivity index (χ4v) is 6.81. The highest BCUT2D eigenvalue weighted by Crippen LogP contribution is 2.70. The second kappa shape index (κ2) is 8.87. The van der Waals surface area contributed by atoms with Crippen LogP contribution in [0.1, 0.15) is 37.9 Å². The Labute approximate surface area is 219 Å². The number of aliphatic hydroxyl groups is 2. The quantitative estimate of drug-likeness (QED) is 0.409. The summed E-state index contributed by atoms with van der Waals surface area (Å²) < 4.78 is 43.7. The third kappa shape index (κ3) is 3.94. The predicted octanol–water partition coefficient (Wildman–Crippen LogP) is 2.40. The van der Waals surface area contributed by atoms with Crippen LogP contribution in [-0.2, 0) is 21.4 Å². The number of aliphatic hydroxyl groups excluding tert-OH is 2. The van der Waals surface area contributed by atoms with Crippen molar-refractivity contribution in [2.75, 3.05) is 13.7 Å². The lowest BCUT2D eigenvalue weighted by Crippen LogP contribution is -2.66. The molecule has 13 heteroatoms. The summed E-state index contributed by atoms with van der Waals surface area (Å²) in [4.78, 5) is 0. The van der Waals surface area contributed by atoms with Gasteiger partial charge in [-0.3, -0.25) is 0 Å². The molecule has 2 bridgehead atoms. The summed E-state index contributed by atoms with van der Waals surface area (Å²) in [6.45, 7) is 1.84. The third-order valence-corrected chi connectivity index (χ3v) is 8.68. The lowest BCUT2D eigenvalue weighted by Gasteiger charge is -2.68. The minimum atomic E-state index is -1.20. The van der Waals surface area contributed by atoms with Crippen LogP contribution in [0.3, 0.4) is 0 Å². The van der Waals surface area contributed by atoms with Crippen LogP contribution in [0.5, 0.6) is 0 Å². The summed E-state index contributed by atoms with van der Waals surface area (Å²) in [6, 6.07) is 1.95. The van der Waals surface area contributed by atoms with Crippen molar-refractivity contribution in [3.05, 3.63) is 46.3 Å². The van der Waals surface area contributed by atoms with E-state index in [1.165, 1.54) is 30.1 Å². The highest BCUT2D eigenvalue weighted by atomic mass is 79.9. The highest BCUT2D eigenvalue weighted by Gasteiger charge is 2.67. The van der Waals surface area contributed by atoms with Crippen molar-refractivity contribution >= 4 is 15.9 Å². The van der Waals surface area contributed by atoms with Gasteiger partial charge in [0, 0.05) is 25.3 Å². The Kier molecular flexibility index (Phi) is 5.99. The monoisotopic (exact) mass is 580 g/mol. The molecular formula is C24H27BrF2N6O4. The van der Waals surface area contributed by atoms with E-state index in [2.05, 4.69) is 43.5 Å². The van der Waals surface area contributed by atoms with E-state index in [0.29, 0.717) is 17.5 Å². The van der Waals surface area contributed by atoms with Crippen LogP contribution < -0.4 is 0 Å². The minimum absolute atomic E-state index is 0.00534. The molecule has 3 aromatic rings. The van der Waals surface area contributed by atoms with Crippen LogP contribution in [0.4, 0.5) is 8.78 Å². The first kappa shape index (κ1) is 25.0. The van der Waals surface area contributed by atoms with E-state index in [1.807, 2.05) is 10.9 Å². The zero-order chi connectivity index (χ0) is 26.1. The second-order valence-electron chi connectivity index (χ2n) is 10.8. The third-order valence-electron chi connectivity index (χ3n) is 8.07. The summed E-state index contributed by atoms with van der Waals surface area (Å²) in [6.07, 6.45) is 3.54. The van der Waals surface area contributed by atoms with Gasteiger partial charge in [0.1, 0.15) is 30.0 Å². The summed E-state index contributed by atoms with van der Waals surface area (Å²) >= 11 is 2.96. The van der Waals surface area contributed by atoms with Crippen molar-refractivity contribution in [2.24, 2.45) is 5.41 Å². The molecule has 4 aliphatic rings. The van der Waals surface area contributed by atoms with E-state index in [4.69, 9.17) is 9.47 Å². The number of hydrogen-bond acceptors (Lipinski definition) is 8. The molecule has 0 spiro atoms. The Balaban J connectivity index is 1.27. The van der Waals surface area contributed by atoms with Gasteiger partial charge in [-0.05, 0) is 52.7 Å². The molecule has 2 N–H and O–H groups in total. The van der Waals surface area contributed by atoms with Crippen molar-refractivity contribution in [1.29, 1.82) is 0 Å². The van der Waals surface area contributed by atoms with Gasteiger partial charge in [-0.15, -0.1) is 10.2 Å². The van der Waals surface area contributed by atoms with Crippen LogP contribution >= 0.6 is 15.9 Å². The molecule has 198 valence electrons. The van der Waals surface area contributed by atoms with Gasteiger partial charge in [-0.2, -0.15) is 0 Å². The van der Waals surface area contributed by atoms with Crippen molar-refractivity contribution in [3.63, 3.8) is 0 Å². The number of methoxy groups -OCH3 is 1. The maximum Gasteiger partial charge on any atom is 0.173 e. The fraction of sp³-hybridized carbons (Fsp3) is 0.583. The zero-order valence-electron chi connectivity index (χ0n) is 20.3. The Bertz CT molecular complexity index is 1310. The number of benzene rings is 1. The lowest BCUT2D eigenvalue weighted by atomic mass is 9.40. The Morgan fingerprint density at radius 3 is 2.57 bits per heavy atom. The van der Waals surface area contributed by atoms with Crippen molar-refractivity contribution in [2.45, 2.75) is 68.6 Å². The average Bonchev–Trinajstić information content (AvgIpc) is 3.50. The number of hydrogen-bond donors (Lipinski definition) is 2. The number of ether oxygens (including phenoxy) is 2. The second-order valence-corrected chi connectivity index (χ2v) is 11.7. The molecule has 1 aromatic carbocycles. The first-order valence-electron chi connectivity index (χ1n) is 12.1. The van der Waals surface area contributed by atoms with Gasteiger partial charge in [0.2, 0.25) is 0 Å². The molecule has 10 nitrogen and oxygen atoms in total. The molecule has 3 saturated carbocycles. The number of rotatable bonds is 7. The maximum absolute atomic E-state index is 14.6. The van der Waals surface area contributed by atoms with Crippen molar-refractivity contribution in [1.82, 2.24) is 30.0 Å². The van der Waals surface area contributed by atoms with Gasteiger partial charge < -0.3 is 19.7 Å². The topological polar surface area (TPSA) is 120 Å². The van der Waals surface area contributed by atoms with E-state index in [1.54, 1.807) is 0 Å². The predicted molar refractivity (Wildman–Crippen MR) is 128 cm³/mol. The minimum Gasteiger partial charge on any atom is -0.394 e. The van der Waals surface area contributed by atoms with Gasteiger partial charge in [-0.25, -0.2) is 18.1 Å². The molecular weight excluding hydrogens is 554 g/mol. The van der Waals surface area contributed by atoms with Gasteiger partial charge >= 0.3 is 0 Å². The van der Waals surface area contributed by atoms with E-state index in [0.717, 1.165) is 19.3 Å². The molecule has 3 heterocycles. The van der Waals surface area contributed by atoms with E-state index in [-0.39, 0.29) is 21.3 Å². The number of halogens is 3. The summed E-state index contributed by atoms with van der Waals surface area (Å²) in [5, 5.41) is 37.8. The van der Waals surface area contributed by atoms with Gasteiger partial charge in [-0.1, -0.05) is 17.4 Å². The van der Waals surface area contributed by atoms with Crippen LogP contribution in [0.25, 0.3) is 11.3 Å². The van der Waals surface area contributed by atoms with Gasteiger partial charge in [0.05, 0.1) is 34.6 Å². The van der Waals surface area contributed by atoms with E-state index in [9.17, 15) is 19.0 Å². The Hall–Kier alpha value is -2.32. The van der Waals surface area contributed by atoms with Crippen LogP contribution in [-0.4, -0.2) is 78.3 Å². The number of nitrogens with zero attached hydrogens (tertiary/aromatic N) is 6. The van der Waals surface area contributed by atoms with Crippen LogP contribution in [0.2, 0.25) is 0 Å². The van der Waals surface area contributed by atoms with Crippen molar-refractivity contribution in [3.8, 4) is 11.3 Å². The largest absolute Gasteiger partial charge is 0.394 e. The Morgan fingerprint density at radius 1 is 1.14 bits per heavy atom. The normalized spacial score (nSPS) is 34.7. The maximum atomic E-state index is 14.6.